The molecule has 6 nitrogen and oxygen atoms in total. The lowest BCUT2D eigenvalue weighted by atomic mass is 9.92. The van der Waals surface area contributed by atoms with Crippen molar-refractivity contribution in [2.24, 2.45) is 5.41 Å². The van der Waals surface area contributed by atoms with Crippen molar-refractivity contribution in [1.29, 1.82) is 0 Å². The summed E-state index contributed by atoms with van der Waals surface area (Å²) in [5.41, 5.74) is 0.940. The lowest BCUT2D eigenvalue weighted by Gasteiger charge is -2.22. The molecule has 8 heteroatoms. The molecule has 0 radical (unpaired) electrons. The average Bonchev–Trinajstić information content (AvgIpc) is 3.07. The van der Waals surface area contributed by atoms with Gasteiger partial charge in [-0.25, -0.2) is 0 Å². The summed E-state index contributed by atoms with van der Waals surface area (Å²) in [6.45, 7) is -0.854. The Morgan fingerprint density at radius 2 is 2.08 bits per heavy atom. The Balaban J connectivity index is 1.54. The van der Waals surface area contributed by atoms with E-state index in [1.807, 2.05) is 0 Å². The molecule has 2 heterocycles. The van der Waals surface area contributed by atoms with Gasteiger partial charge in [-0.2, -0.15) is 13.8 Å². The highest BCUT2D eigenvalue weighted by molar-refractivity contribution is 5.60. The smallest absolute Gasteiger partial charge is 0.387 e. The molecule has 1 unspecified atom stereocenters. The van der Waals surface area contributed by atoms with Gasteiger partial charge in [0.1, 0.15) is 0 Å². The molecule has 1 aromatic carbocycles. The van der Waals surface area contributed by atoms with Crippen LogP contribution in [0.25, 0.3) is 11.4 Å². The van der Waals surface area contributed by atoms with Crippen molar-refractivity contribution in [3.05, 3.63) is 24.1 Å². The number of nitrogens with zero attached hydrogens (tertiary/aromatic N) is 2. The van der Waals surface area contributed by atoms with E-state index in [-0.39, 0.29) is 11.5 Å². The van der Waals surface area contributed by atoms with Crippen molar-refractivity contribution in [3.8, 4) is 22.9 Å². The summed E-state index contributed by atoms with van der Waals surface area (Å²) in [5, 5.41) is 7.41. The molecule has 1 saturated carbocycles. The van der Waals surface area contributed by atoms with Crippen LogP contribution in [-0.2, 0) is 0 Å². The Kier molecular flexibility index (Phi) is 4.07. The second kappa shape index (κ2) is 6.25. The van der Waals surface area contributed by atoms with Crippen LogP contribution in [0.1, 0.15) is 31.1 Å². The number of piperidine rings is 1. The normalized spacial score (nSPS) is 21.5. The van der Waals surface area contributed by atoms with Crippen molar-refractivity contribution in [1.82, 2.24) is 15.5 Å². The molecule has 0 amide bonds. The monoisotopic (exact) mass is 351 g/mol. The number of nitrogens with one attached hydrogen (secondary N) is 1. The van der Waals surface area contributed by atoms with Crippen LogP contribution in [0.2, 0.25) is 0 Å². The van der Waals surface area contributed by atoms with E-state index in [9.17, 15) is 8.78 Å². The number of aromatic nitrogens is 2. The van der Waals surface area contributed by atoms with Gasteiger partial charge in [-0.05, 0) is 56.0 Å². The van der Waals surface area contributed by atoms with Gasteiger partial charge in [0.05, 0.1) is 7.11 Å². The molecule has 0 bridgehead atoms. The van der Waals surface area contributed by atoms with Crippen LogP contribution in [0.5, 0.6) is 11.5 Å². The standard InChI is InChI=1S/C17H19F2N3O3/c1-23-13-8-10(2-3-12(13)24-16(18)19)14-21-15(25-22-14)11-9-17(11)4-6-20-7-5-17/h2-3,8,11,16,20H,4-7,9H2,1H3. The molecule has 2 aliphatic rings. The highest BCUT2D eigenvalue weighted by atomic mass is 19.3. The van der Waals surface area contributed by atoms with Gasteiger partial charge in [-0.15, -0.1) is 0 Å². The Morgan fingerprint density at radius 3 is 2.80 bits per heavy atom. The third-order valence-electron chi connectivity index (χ3n) is 5.17. The predicted octanol–water partition coefficient (Wildman–Crippen LogP) is 3.20. The van der Waals surface area contributed by atoms with Crippen molar-refractivity contribution in [2.45, 2.75) is 31.8 Å². The Hall–Kier alpha value is -2.22. The number of benzene rings is 1. The molecule has 1 atom stereocenters. The fourth-order valence-corrected chi connectivity index (χ4v) is 3.67. The Morgan fingerprint density at radius 1 is 1.28 bits per heavy atom. The van der Waals surface area contributed by atoms with E-state index in [1.54, 1.807) is 12.1 Å². The van der Waals surface area contributed by atoms with Crippen LogP contribution in [0.3, 0.4) is 0 Å². The maximum Gasteiger partial charge on any atom is 0.387 e. The number of ether oxygens (including phenoxy) is 2. The zero-order chi connectivity index (χ0) is 17.4. The van der Waals surface area contributed by atoms with Crippen LogP contribution in [0, 0.1) is 5.41 Å². The number of methoxy groups -OCH3 is 1. The van der Waals surface area contributed by atoms with Gasteiger partial charge in [0.2, 0.25) is 11.7 Å². The fraction of sp³-hybridized carbons (Fsp3) is 0.529. The van der Waals surface area contributed by atoms with E-state index < -0.39 is 6.61 Å². The molecule has 2 aromatic rings. The van der Waals surface area contributed by atoms with E-state index in [2.05, 4.69) is 20.2 Å². The Bertz CT molecular complexity index is 759. The van der Waals surface area contributed by atoms with E-state index >= 15 is 0 Å². The highest BCUT2D eigenvalue weighted by Gasteiger charge is 2.57. The van der Waals surface area contributed by atoms with Gasteiger partial charge in [-0.1, -0.05) is 5.16 Å². The number of hydrogen-bond acceptors (Lipinski definition) is 6. The third kappa shape index (κ3) is 3.06. The molecule has 2 fully saturated rings. The molecule has 1 aromatic heterocycles. The Labute approximate surface area is 143 Å². The molecule has 1 saturated heterocycles. The van der Waals surface area contributed by atoms with Crippen LogP contribution in [0.15, 0.2) is 22.7 Å². The van der Waals surface area contributed by atoms with Gasteiger partial charge in [-0.3, -0.25) is 0 Å². The summed E-state index contributed by atoms with van der Waals surface area (Å²) in [6, 6.07) is 4.60. The van der Waals surface area contributed by atoms with Gasteiger partial charge in [0.15, 0.2) is 11.5 Å². The van der Waals surface area contributed by atoms with Crippen LogP contribution in [0.4, 0.5) is 8.78 Å². The number of hydrogen-bond donors (Lipinski definition) is 1. The van der Waals surface area contributed by atoms with Crippen LogP contribution in [-0.4, -0.2) is 37.0 Å². The van der Waals surface area contributed by atoms with Gasteiger partial charge < -0.3 is 19.3 Å². The molecule has 1 aliphatic carbocycles. The van der Waals surface area contributed by atoms with Crippen molar-refractivity contribution >= 4 is 0 Å². The molecule has 1 N–H and O–H groups in total. The molecule has 1 spiro atoms. The lowest BCUT2D eigenvalue weighted by Crippen LogP contribution is -2.29. The van der Waals surface area contributed by atoms with Gasteiger partial charge in [0, 0.05) is 11.5 Å². The number of alkyl halides is 2. The average molecular weight is 351 g/mol. The lowest BCUT2D eigenvalue weighted by molar-refractivity contribution is -0.0512. The van der Waals surface area contributed by atoms with Crippen LogP contribution >= 0.6 is 0 Å². The second-order valence-corrected chi connectivity index (χ2v) is 6.57. The summed E-state index contributed by atoms with van der Waals surface area (Å²) < 4.78 is 39.8. The maximum atomic E-state index is 12.4. The molecule has 1 aliphatic heterocycles. The topological polar surface area (TPSA) is 69.4 Å². The van der Waals surface area contributed by atoms with Crippen molar-refractivity contribution < 1.29 is 22.8 Å². The second-order valence-electron chi connectivity index (χ2n) is 6.57. The number of halogens is 2. The minimum Gasteiger partial charge on any atom is -0.493 e. The first-order chi connectivity index (χ1) is 12.1. The SMILES string of the molecule is COc1cc(-c2noc(C3CC34CCNCC4)n2)ccc1OC(F)F. The summed E-state index contributed by atoms with van der Waals surface area (Å²) in [7, 11) is 1.39. The molecule has 134 valence electrons. The quantitative estimate of drug-likeness (QED) is 0.892. The number of rotatable bonds is 5. The largest absolute Gasteiger partial charge is 0.493 e. The van der Waals surface area contributed by atoms with Crippen LogP contribution < -0.4 is 14.8 Å². The van der Waals surface area contributed by atoms with Crippen molar-refractivity contribution in [2.75, 3.05) is 20.2 Å². The summed E-state index contributed by atoms with van der Waals surface area (Å²) in [5.74, 6) is 1.57. The van der Waals surface area contributed by atoms with Gasteiger partial charge in [0.25, 0.3) is 0 Å². The summed E-state index contributed by atoms with van der Waals surface area (Å²) >= 11 is 0. The van der Waals surface area contributed by atoms with E-state index in [0.29, 0.717) is 28.6 Å². The van der Waals surface area contributed by atoms with Crippen molar-refractivity contribution in [3.63, 3.8) is 0 Å². The van der Waals surface area contributed by atoms with E-state index in [4.69, 9.17) is 9.26 Å². The maximum absolute atomic E-state index is 12.4. The van der Waals surface area contributed by atoms with Gasteiger partial charge >= 0.3 is 6.61 Å². The zero-order valence-electron chi connectivity index (χ0n) is 13.8. The predicted molar refractivity (Wildman–Crippen MR) is 84.8 cm³/mol. The molecule has 4 rings (SSSR count). The molecule has 25 heavy (non-hydrogen) atoms. The minimum atomic E-state index is -2.91. The molecular weight excluding hydrogens is 332 g/mol. The first-order valence-corrected chi connectivity index (χ1v) is 8.29. The molecular formula is C17H19F2N3O3. The third-order valence-corrected chi connectivity index (χ3v) is 5.17. The summed E-state index contributed by atoms with van der Waals surface area (Å²) in [4.78, 5) is 4.52. The highest BCUT2D eigenvalue weighted by Crippen LogP contribution is 2.63. The fourth-order valence-electron chi connectivity index (χ4n) is 3.67. The minimum absolute atomic E-state index is 0.0270. The van der Waals surface area contributed by atoms with E-state index in [0.717, 1.165) is 32.4 Å². The first kappa shape index (κ1) is 16.3. The summed E-state index contributed by atoms with van der Waals surface area (Å²) in [6.07, 6.45) is 3.34. The zero-order valence-corrected chi connectivity index (χ0v) is 13.8. The van der Waals surface area contributed by atoms with E-state index in [1.165, 1.54) is 13.2 Å². The first-order valence-electron chi connectivity index (χ1n) is 8.29.